The number of hydrogen-bond donors (Lipinski definition) is 0. The summed E-state index contributed by atoms with van der Waals surface area (Å²) in [7, 11) is 0. The number of imidazole rings is 1. The maximum Gasteiger partial charge on any atom is 0.156 e. The van der Waals surface area contributed by atoms with Gasteiger partial charge in [0.15, 0.2) is 9.25 Å². The molecule has 4 nitrogen and oxygen atoms in total. The molecule has 120 valence electrons. The molecule has 0 N–H and O–H groups in total. The van der Waals surface area contributed by atoms with E-state index in [-0.39, 0.29) is 3.61 Å². The lowest BCUT2D eigenvalue weighted by atomic mass is 10.1. The van der Waals surface area contributed by atoms with Crippen LogP contribution >= 0.6 is 22.6 Å². The summed E-state index contributed by atoms with van der Waals surface area (Å²) >= 11 is 2.28. The van der Waals surface area contributed by atoms with Crippen molar-refractivity contribution in [2.45, 2.75) is 37.2 Å². The predicted octanol–water partition coefficient (Wildman–Crippen LogP) is 5.07. The highest BCUT2D eigenvalue weighted by atomic mass is 127. The number of nitrogens with zero attached hydrogens (tertiary/aromatic N) is 3. The Balaban J connectivity index is 1.95. The van der Waals surface area contributed by atoms with Crippen molar-refractivity contribution >= 4 is 28.2 Å². The predicted molar refractivity (Wildman–Crippen MR) is 101 cm³/mol. The third-order valence-electron chi connectivity index (χ3n) is 3.47. The first-order valence-electron chi connectivity index (χ1n) is 7.65. The van der Waals surface area contributed by atoms with Gasteiger partial charge in [-0.15, -0.1) is 0 Å². The molecular weight excluding hydrogens is 401 g/mol. The van der Waals surface area contributed by atoms with Crippen molar-refractivity contribution in [1.29, 1.82) is 0 Å². The van der Waals surface area contributed by atoms with Crippen LogP contribution in [0.25, 0.3) is 16.8 Å². The lowest BCUT2D eigenvalue weighted by Gasteiger charge is -2.19. The minimum atomic E-state index is -0.220. The highest BCUT2D eigenvalue weighted by molar-refractivity contribution is 14.1. The van der Waals surface area contributed by atoms with Gasteiger partial charge in [0.25, 0.3) is 0 Å². The van der Waals surface area contributed by atoms with E-state index < -0.39 is 0 Å². The molecule has 0 radical (unpaired) electrons. The van der Waals surface area contributed by atoms with Gasteiger partial charge in [-0.3, -0.25) is 4.40 Å². The second-order valence-electron chi connectivity index (χ2n) is 6.33. The Morgan fingerprint density at radius 3 is 2.35 bits per heavy atom. The third-order valence-corrected chi connectivity index (χ3v) is 3.69. The van der Waals surface area contributed by atoms with Crippen LogP contribution in [0.3, 0.4) is 0 Å². The van der Waals surface area contributed by atoms with Crippen LogP contribution in [0.2, 0.25) is 0 Å². The number of fused-ring (bicyclic) bond motifs is 1. The van der Waals surface area contributed by atoms with Crippen LogP contribution in [0.15, 0.2) is 42.9 Å². The fraction of sp³-hybridized carbons (Fsp3) is 0.333. The lowest BCUT2D eigenvalue weighted by molar-refractivity contribution is 0.225. The summed E-state index contributed by atoms with van der Waals surface area (Å²) in [5.41, 5.74) is 3.06. The minimum absolute atomic E-state index is 0.220. The summed E-state index contributed by atoms with van der Waals surface area (Å²) in [6.45, 7) is 8.34. The average Bonchev–Trinajstić information content (AvgIpc) is 2.89. The van der Waals surface area contributed by atoms with Crippen molar-refractivity contribution in [2.24, 2.45) is 0 Å². The first-order chi connectivity index (χ1) is 10.8. The molecule has 0 saturated carbocycles. The van der Waals surface area contributed by atoms with E-state index in [1.807, 2.05) is 38.4 Å². The molecule has 0 spiro atoms. The Morgan fingerprint density at radius 2 is 1.74 bits per heavy atom. The van der Waals surface area contributed by atoms with E-state index in [9.17, 15) is 0 Å². The molecule has 0 aliphatic rings. The molecule has 2 aromatic heterocycles. The summed E-state index contributed by atoms with van der Waals surface area (Å²) in [5, 5.41) is 0. The Bertz CT molecular complexity index is 816. The monoisotopic (exact) mass is 421 g/mol. The zero-order valence-corrected chi connectivity index (χ0v) is 15.9. The molecule has 0 aliphatic carbocycles. The Morgan fingerprint density at radius 1 is 1.04 bits per heavy atom. The summed E-state index contributed by atoms with van der Waals surface area (Å²) in [4.78, 5) is 8.97. The fourth-order valence-corrected chi connectivity index (χ4v) is 2.73. The maximum absolute atomic E-state index is 5.86. The molecule has 0 fully saturated rings. The Kier molecular flexibility index (Phi) is 4.31. The zero-order valence-electron chi connectivity index (χ0n) is 13.7. The van der Waals surface area contributed by atoms with Crippen molar-refractivity contribution in [2.75, 3.05) is 0 Å². The van der Waals surface area contributed by atoms with Crippen molar-refractivity contribution in [3.05, 3.63) is 48.7 Å². The van der Waals surface area contributed by atoms with Gasteiger partial charge < -0.3 is 4.74 Å². The summed E-state index contributed by atoms with van der Waals surface area (Å²) < 4.78 is 7.71. The van der Waals surface area contributed by atoms with Gasteiger partial charge in [-0.1, -0.05) is 26.0 Å². The molecule has 0 atom stereocenters. The number of rotatable bonds is 4. The van der Waals surface area contributed by atoms with Gasteiger partial charge in [0.2, 0.25) is 0 Å². The summed E-state index contributed by atoms with van der Waals surface area (Å²) in [6, 6.07) is 8.12. The molecule has 3 aromatic rings. The highest BCUT2D eigenvalue weighted by Gasteiger charge is 2.14. The maximum atomic E-state index is 5.86. The molecular formula is C18H20IN3O. The van der Waals surface area contributed by atoms with Gasteiger partial charge in [0.1, 0.15) is 11.6 Å². The van der Waals surface area contributed by atoms with Crippen LogP contribution in [-0.2, 0) is 0 Å². The number of aromatic nitrogens is 3. The first kappa shape index (κ1) is 16.2. The molecule has 0 amide bonds. The van der Waals surface area contributed by atoms with Crippen molar-refractivity contribution in [3.8, 4) is 16.9 Å². The van der Waals surface area contributed by atoms with Crippen molar-refractivity contribution in [1.82, 2.24) is 14.4 Å². The molecule has 2 heterocycles. The third kappa shape index (κ3) is 3.65. The fourth-order valence-electron chi connectivity index (χ4n) is 2.47. The number of benzene rings is 1. The highest BCUT2D eigenvalue weighted by Crippen LogP contribution is 2.27. The lowest BCUT2D eigenvalue weighted by Crippen LogP contribution is -2.18. The van der Waals surface area contributed by atoms with Gasteiger partial charge in [0, 0.05) is 23.9 Å². The van der Waals surface area contributed by atoms with E-state index in [0.717, 1.165) is 28.3 Å². The van der Waals surface area contributed by atoms with E-state index >= 15 is 0 Å². The van der Waals surface area contributed by atoms with E-state index in [1.165, 1.54) is 0 Å². The zero-order chi connectivity index (χ0) is 16.6. The second kappa shape index (κ2) is 6.11. The molecule has 1 aromatic carbocycles. The van der Waals surface area contributed by atoms with E-state index in [1.54, 1.807) is 0 Å². The van der Waals surface area contributed by atoms with E-state index in [2.05, 4.69) is 69.1 Å². The van der Waals surface area contributed by atoms with Crippen LogP contribution in [0.1, 0.15) is 39.4 Å². The number of alkyl halides is 1. The van der Waals surface area contributed by atoms with Crippen molar-refractivity contribution in [3.63, 3.8) is 0 Å². The number of ether oxygens (including phenoxy) is 1. The molecule has 3 rings (SSSR count). The van der Waals surface area contributed by atoms with Gasteiger partial charge in [-0.25, -0.2) is 9.97 Å². The van der Waals surface area contributed by atoms with Gasteiger partial charge in [-0.05, 0) is 54.1 Å². The molecule has 23 heavy (non-hydrogen) atoms. The van der Waals surface area contributed by atoms with Crippen LogP contribution in [0.4, 0.5) is 0 Å². The minimum Gasteiger partial charge on any atom is -0.478 e. The largest absolute Gasteiger partial charge is 0.478 e. The molecule has 0 bridgehead atoms. The second-order valence-corrected chi connectivity index (χ2v) is 8.93. The van der Waals surface area contributed by atoms with Crippen LogP contribution in [0.5, 0.6) is 5.75 Å². The topological polar surface area (TPSA) is 39.4 Å². The normalized spacial score (nSPS) is 12.1. The SMILES string of the molecule is CC(C)c1ncc2ncc(-c3ccc(OC(C)(C)I)cc3)cn12. The quantitative estimate of drug-likeness (QED) is 0.436. The Labute approximate surface area is 150 Å². The first-order valence-corrected chi connectivity index (χ1v) is 8.73. The van der Waals surface area contributed by atoms with Crippen LogP contribution in [-0.4, -0.2) is 18.0 Å². The number of halogens is 1. The Hall–Kier alpha value is -1.63. The standard InChI is InChI=1S/C18H20IN3O/c1-12(2)17-21-10-16-20-9-14(11-22(16)17)13-5-7-15(8-6-13)23-18(3,4)19/h5-12H,1-4H3. The average molecular weight is 421 g/mol. The molecule has 0 unspecified atom stereocenters. The van der Waals surface area contributed by atoms with Gasteiger partial charge in [0.05, 0.1) is 6.20 Å². The van der Waals surface area contributed by atoms with Crippen LogP contribution < -0.4 is 4.74 Å². The van der Waals surface area contributed by atoms with E-state index in [4.69, 9.17) is 4.74 Å². The van der Waals surface area contributed by atoms with Gasteiger partial charge in [-0.2, -0.15) is 0 Å². The van der Waals surface area contributed by atoms with Crippen molar-refractivity contribution < 1.29 is 4.74 Å². The molecule has 0 aliphatic heterocycles. The molecule has 0 saturated heterocycles. The summed E-state index contributed by atoms with van der Waals surface area (Å²) in [6.07, 6.45) is 5.81. The van der Waals surface area contributed by atoms with E-state index in [0.29, 0.717) is 5.92 Å². The molecule has 5 heteroatoms. The van der Waals surface area contributed by atoms with Gasteiger partial charge >= 0.3 is 0 Å². The summed E-state index contributed by atoms with van der Waals surface area (Å²) in [5.74, 6) is 2.25. The van der Waals surface area contributed by atoms with Crippen LogP contribution in [0, 0.1) is 0 Å². The smallest absolute Gasteiger partial charge is 0.156 e. The number of hydrogen-bond acceptors (Lipinski definition) is 3.